The van der Waals surface area contributed by atoms with Gasteiger partial charge in [0.05, 0.1) is 23.1 Å². The van der Waals surface area contributed by atoms with Gasteiger partial charge in [0.1, 0.15) is 13.2 Å². The van der Waals surface area contributed by atoms with Crippen LogP contribution in [-0.2, 0) is 20.9 Å². The highest BCUT2D eigenvalue weighted by molar-refractivity contribution is 8.18. The summed E-state index contributed by atoms with van der Waals surface area (Å²) in [5.41, 5.74) is 1.54. The Morgan fingerprint density at radius 3 is 2.53 bits per heavy atom. The minimum atomic E-state index is -0.641. The zero-order chi connectivity index (χ0) is 23.1. The maximum Gasteiger partial charge on any atom is 0.326 e. The highest BCUT2D eigenvalue weighted by Crippen LogP contribution is 2.39. The van der Waals surface area contributed by atoms with Crippen LogP contribution in [0.3, 0.4) is 0 Å². The topological polar surface area (TPSA) is 82.1 Å². The summed E-state index contributed by atoms with van der Waals surface area (Å²) in [5, 5.41) is -0.225. The molecule has 1 heterocycles. The zero-order valence-electron chi connectivity index (χ0n) is 17.6. The molecule has 0 N–H and O–H groups in total. The van der Waals surface area contributed by atoms with E-state index >= 15 is 0 Å². The maximum atomic E-state index is 12.6. The second-order valence-corrected chi connectivity index (χ2v) is 8.01. The summed E-state index contributed by atoms with van der Waals surface area (Å²) in [6, 6.07) is 13.0. The van der Waals surface area contributed by atoms with E-state index in [2.05, 4.69) is 0 Å². The molecule has 3 rings (SSSR count). The molecule has 1 fully saturated rings. The van der Waals surface area contributed by atoms with Gasteiger partial charge < -0.3 is 14.2 Å². The van der Waals surface area contributed by atoms with Crippen LogP contribution in [-0.4, -0.2) is 41.8 Å². The molecule has 1 aliphatic rings. The average Bonchev–Trinajstić information content (AvgIpc) is 3.01. The van der Waals surface area contributed by atoms with Crippen LogP contribution in [0.15, 0.2) is 47.4 Å². The van der Waals surface area contributed by atoms with Gasteiger partial charge in [0.15, 0.2) is 11.5 Å². The molecule has 168 valence electrons. The number of imide groups is 1. The first-order valence-corrected chi connectivity index (χ1v) is 11.2. The number of amides is 2. The standard InChI is InChI=1S/C23H22ClNO6S/c1-3-29-18-11-16(10-17(24)21(18)31-14-15-8-6-5-7-9-15)12-19-22(27)25(23(28)32-19)13-20(26)30-4-2/h5-12H,3-4,13-14H2,1-2H3/b19-12+. The van der Waals surface area contributed by atoms with E-state index in [0.717, 1.165) is 22.2 Å². The number of halogens is 1. The van der Waals surface area contributed by atoms with E-state index in [0.29, 0.717) is 35.3 Å². The molecule has 32 heavy (non-hydrogen) atoms. The number of carbonyl (C=O) groups excluding carboxylic acids is 3. The molecule has 1 aliphatic heterocycles. The minimum absolute atomic E-state index is 0.169. The van der Waals surface area contributed by atoms with Gasteiger partial charge in [0, 0.05) is 0 Å². The van der Waals surface area contributed by atoms with Crippen LogP contribution in [0, 0.1) is 0 Å². The summed E-state index contributed by atoms with van der Waals surface area (Å²) >= 11 is 7.20. The van der Waals surface area contributed by atoms with Gasteiger partial charge in [-0.2, -0.15) is 0 Å². The van der Waals surface area contributed by atoms with Crippen molar-refractivity contribution in [1.29, 1.82) is 0 Å². The van der Waals surface area contributed by atoms with Crippen LogP contribution in [0.5, 0.6) is 11.5 Å². The molecule has 1 saturated heterocycles. The number of nitrogens with zero attached hydrogens (tertiary/aromatic N) is 1. The van der Waals surface area contributed by atoms with E-state index in [1.807, 2.05) is 37.3 Å². The van der Waals surface area contributed by atoms with Crippen molar-refractivity contribution in [3.8, 4) is 11.5 Å². The smallest absolute Gasteiger partial charge is 0.326 e. The van der Waals surface area contributed by atoms with Crippen LogP contribution >= 0.6 is 23.4 Å². The number of benzene rings is 2. The van der Waals surface area contributed by atoms with Gasteiger partial charge in [-0.3, -0.25) is 19.3 Å². The van der Waals surface area contributed by atoms with Crippen LogP contribution < -0.4 is 9.47 Å². The quantitative estimate of drug-likeness (QED) is 0.376. The maximum absolute atomic E-state index is 12.6. The van der Waals surface area contributed by atoms with E-state index in [9.17, 15) is 14.4 Å². The lowest BCUT2D eigenvalue weighted by Gasteiger charge is -2.15. The molecule has 7 nitrogen and oxygen atoms in total. The summed E-state index contributed by atoms with van der Waals surface area (Å²) in [5.74, 6) is -0.387. The number of carbonyl (C=O) groups is 3. The van der Waals surface area contributed by atoms with Crippen LogP contribution in [0.4, 0.5) is 4.79 Å². The number of esters is 1. The fourth-order valence-electron chi connectivity index (χ4n) is 2.93. The minimum Gasteiger partial charge on any atom is -0.490 e. The largest absolute Gasteiger partial charge is 0.490 e. The predicted molar refractivity (Wildman–Crippen MR) is 123 cm³/mol. The van der Waals surface area contributed by atoms with Gasteiger partial charge in [-0.05, 0) is 54.9 Å². The molecule has 0 saturated carbocycles. The number of rotatable bonds is 9. The fraction of sp³-hybridized carbons (Fsp3) is 0.261. The molecule has 0 aromatic heterocycles. The van der Waals surface area contributed by atoms with Crippen molar-refractivity contribution in [1.82, 2.24) is 4.90 Å². The highest BCUT2D eigenvalue weighted by atomic mass is 35.5. The van der Waals surface area contributed by atoms with Gasteiger partial charge in [-0.1, -0.05) is 41.9 Å². The molecule has 0 atom stereocenters. The lowest BCUT2D eigenvalue weighted by molar-refractivity contribution is -0.145. The molecule has 2 amide bonds. The molecule has 2 aromatic carbocycles. The Hall–Kier alpha value is -2.97. The number of hydrogen-bond donors (Lipinski definition) is 0. The number of ether oxygens (including phenoxy) is 3. The molecular weight excluding hydrogens is 454 g/mol. The Bertz CT molecular complexity index is 1040. The second kappa shape index (κ2) is 11.1. The monoisotopic (exact) mass is 475 g/mol. The van der Waals surface area contributed by atoms with E-state index in [1.54, 1.807) is 19.1 Å². The van der Waals surface area contributed by atoms with Crippen molar-refractivity contribution in [2.24, 2.45) is 0 Å². The predicted octanol–water partition coefficient (Wildman–Crippen LogP) is 4.92. The normalized spacial score (nSPS) is 14.7. The fourth-order valence-corrected chi connectivity index (χ4v) is 4.04. The van der Waals surface area contributed by atoms with Crippen LogP contribution in [0.1, 0.15) is 25.0 Å². The average molecular weight is 476 g/mol. The van der Waals surface area contributed by atoms with Gasteiger partial charge in [0.2, 0.25) is 0 Å². The third-order valence-electron chi connectivity index (χ3n) is 4.32. The Morgan fingerprint density at radius 2 is 1.84 bits per heavy atom. The molecule has 2 aromatic rings. The van der Waals surface area contributed by atoms with E-state index in [-0.39, 0.29) is 11.5 Å². The Balaban J connectivity index is 1.82. The van der Waals surface area contributed by atoms with Crippen LogP contribution in [0.25, 0.3) is 6.08 Å². The Morgan fingerprint density at radius 1 is 1.09 bits per heavy atom. The van der Waals surface area contributed by atoms with Crippen molar-refractivity contribution in [3.05, 3.63) is 63.5 Å². The van der Waals surface area contributed by atoms with Gasteiger partial charge >= 0.3 is 5.97 Å². The number of thioether (sulfide) groups is 1. The molecule has 0 unspecified atom stereocenters. The molecular formula is C23H22ClNO6S. The highest BCUT2D eigenvalue weighted by Gasteiger charge is 2.36. The van der Waals surface area contributed by atoms with Crippen molar-refractivity contribution in [3.63, 3.8) is 0 Å². The molecule has 0 bridgehead atoms. The van der Waals surface area contributed by atoms with Crippen molar-refractivity contribution in [2.75, 3.05) is 19.8 Å². The Labute approximate surface area is 195 Å². The summed E-state index contributed by atoms with van der Waals surface area (Å²) in [6.45, 7) is 3.93. The van der Waals surface area contributed by atoms with Gasteiger partial charge in [0.25, 0.3) is 11.1 Å². The first-order valence-electron chi connectivity index (χ1n) is 9.97. The summed E-state index contributed by atoms with van der Waals surface area (Å²) in [4.78, 5) is 37.5. The van der Waals surface area contributed by atoms with Crippen molar-refractivity contribution in [2.45, 2.75) is 20.5 Å². The van der Waals surface area contributed by atoms with Crippen molar-refractivity contribution < 1.29 is 28.6 Å². The van der Waals surface area contributed by atoms with Gasteiger partial charge in [-0.25, -0.2) is 0 Å². The molecule has 0 radical (unpaired) electrons. The first-order chi connectivity index (χ1) is 15.4. The van der Waals surface area contributed by atoms with Gasteiger partial charge in [-0.15, -0.1) is 0 Å². The SMILES string of the molecule is CCOC(=O)CN1C(=O)S/C(=C/c2cc(Cl)c(OCc3ccccc3)c(OCC)c2)C1=O. The lowest BCUT2D eigenvalue weighted by Crippen LogP contribution is -2.34. The number of hydrogen-bond acceptors (Lipinski definition) is 7. The van der Waals surface area contributed by atoms with E-state index in [1.165, 1.54) is 6.08 Å². The summed E-state index contributed by atoms with van der Waals surface area (Å²) < 4.78 is 16.4. The molecule has 0 aliphatic carbocycles. The second-order valence-electron chi connectivity index (χ2n) is 6.61. The third kappa shape index (κ3) is 5.83. The molecule has 0 spiro atoms. The lowest BCUT2D eigenvalue weighted by atomic mass is 10.1. The summed E-state index contributed by atoms with van der Waals surface area (Å²) in [7, 11) is 0. The Kier molecular flexibility index (Phi) is 8.19. The van der Waals surface area contributed by atoms with E-state index < -0.39 is 23.7 Å². The van der Waals surface area contributed by atoms with Crippen molar-refractivity contribution >= 4 is 46.6 Å². The summed E-state index contributed by atoms with van der Waals surface area (Å²) in [6.07, 6.45) is 1.53. The molecule has 9 heteroatoms. The van der Waals surface area contributed by atoms with E-state index in [4.69, 9.17) is 25.8 Å². The van der Waals surface area contributed by atoms with Crippen LogP contribution in [0.2, 0.25) is 5.02 Å². The first kappa shape index (κ1) is 23.7. The third-order valence-corrected chi connectivity index (χ3v) is 5.51. The zero-order valence-corrected chi connectivity index (χ0v) is 19.2.